The molecule has 2 rings (SSSR count). The summed E-state index contributed by atoms with van der Waals surface area (Å²) in [5.41, 5.74) is 3.47. The number of hydrogen-bond acceptors (Lipinski definition) is 1. The third kappa shape index (κ3) is 2.46. The summed E-state index contributed by atoms with van der Waals surface area (Å²) in [7, 11) is 2.09. The van der Waals surface area contributed by atoms with Gasteiger partial charge in [-0.1, -0.05) is 31.2 Å². The number of nitrogens with one attached hydrogen (secondary N) is 1. The highest BCUT2D eigenvalue weighted by atomic mass is 14.9. The molecule has 1 aliphatic rings. The summed E-state index contributed by atoms with van der Waals surface area (Å²) in [5, 5.41) is 3.42. The van der Waals surface area contributed by atoms with Crippen LogP contribution in [0, 0.1) is 12.3 Å². The van der Waals surface area contributed by atoms with Gasteiger partial charge in [0.15, 0.2) is 0 Å². The van der Waals surface area contributed by atoms with Crippen LogP contribution in [0.25, 0.3) is 0 Å². The molecule has 0 heterocycles. The minimum Gasteiger partial charge on any atom is -0.317 e. The molecule has 0 spiro atoms. The highest BCUT2D eigenvalue weighted by molar-refractivity contribution is 5.27. The van der Waals surface area contributed by atoms with E-state index in [2.05, 4.69) is 50.5 Å². The van der Waals surface area contributed by atoms with Crippen LogP contribution >= 0.6 is 0 Å². The van der Waals surface area contributed by atoms with E-state index in [1.165, 1.54) is 36.8 Å². The van der Waals surface area contributed by atoms with E-state index in [-0.39, 0.29) is 0 Å². The molecule has 1 aliphatic carbocycles. The van der Waals surface area contributed by atoms with Gasteiger partial charge < -0.3 is 5.32 Å². The summed E-state index contributed by atoms with van der Waals surface area (Å²) in [4.78, 5) is 0. The van der Waals surface area contributed by atoms with Crippen molar-refractivity contribution >= 4 is 0 Å². The average Bonchev–Trinajstić information content (AvgIpc) is 2.64. The lowest BCUT2D eigenvalue weighted by Crippen LogP contribution is -2.24. The molecule has 0 aromatic heterocycles. The SMILES string of the molecule is CNC1CCC(C)(Cc2ccccc2C)C1. The fourth-order valence-corrected chi connectivity index (χ4v) is 3.00. The van der Waals surface area contributed by atoms with E-state index in [0.717, 1.165) is 6.04 Å². The Bertz CT molecular complexity index is 358. The molecule has 16 heavy (non-hydrogen) atoms. The van der Waals surface area contributed by atoms with Crippen molar-refractivity contribution in [2.45, 2.75) is 45.6 Å². The Hall–Kier alpha value is -0.820. The molecule has 88 valence electrons. The van der Waals surface area contributed by atoms with Crippen molar-refractivity contribution in [3.8, 4) is 0 Å². The van der Waals surface area contributed by atoms with Gasteiger partial charge in [0.25, 0.3) is 0 Å². The number of aryl methyl sites for hydroxylation is 1. The monoisotopic (exact) mass is 217 g/mol. The smallest absolute Gasteiger partial charge is 0.00695 e. The molecule has 1 fully saturated rings. The van der Waals surface area contributed by atoms with Crippen molar-refractivity contribution in [3.63, 3.8) is 0 Å². The van der Waals surface area contributed by atoms with Crippen molar-refractivity contribution in [2.75, 3.05) is 7.05 Å². The van der Waals surface area contributed by atoms with Gasteiger partial charge in [-0.05, 0) is 56.2 Å². The molecule has 1 N–H and O–H groups in total. The van der Waals surface area contributed by atoms with Gasteiger partial charge in [-0.2, -0.15) is 0 Å². The van der Waals surface area contributed by atoms with Gasteiger partial charge in [0, 0.05) is 6.04 Å². The van der Waals surface area contributed by atoms with Crippen LogP contribution in [0.3, 0.4) is 0 Å². The summed E-state index contributed by atoms with van der Waals surface area (Å²) in [6, 6.07) is 9.54. The first kappa shape index (κ1) is 11.7. The van der Waals surface area contributed by atoms with Crippen LogP contribution < -0.4 is 5.32 Å². The number of benzene rings is 1. The van der Waals surface area contributed by atoms with E-state index in [9.17, 15) is 0 Å². The predicted octanol–water partition coefficient (Wildman–Crippen LogP) is 3.32. The molecular formula is C15H23N. The Kier molecular flexibility index (Phi) is 3.34. The first-order valence-corrected chi connectivity index (χ1v) is 6.35. The lowest BCUT2D eigenvalue weighted by atomic mass is 9.81. The fourth-order valence-electron chi connectivity index (χ4n) is 3.00. The van der Waals surface area contributed by atoms with Crippen molar-refractivity contribution in [2.24, 2.45) is 5.41 Å². The molecule has 1 aromatic carbocycles. The van der Waals surface area contributed by atoms with Gasteiger partial charge in [0.05, 0.1) is 0 Å². The Morgan fingerprint density at radius 3 is 2.75 bits per heavy atom. The molecule has 0 saturated heterocycles. The van der Waals surface area contributed by atoms with Gasteiger partial charge in [-0.15, -0.1) is 0 Å². The Balaban J connectivity index is 2.08. The molecule has 0 radical (unpaired) electrons. The Morgan fingerprint density at radius 1 is 1.38 bits per heavy atom. The van der Waals surface area contributed by atoms with Gasteiger partial charge in [0.2, 0.25) is 0 Å². The first-order valence-electron chi connectivity index (χ1n) is 6.35. The molecule has 2 unspecified atom stereocenters. The fraction of sp³-hybridized carbons (Fsp3) is 0.600. The maximum Gasteiger partial charge on any atom is 0.00695 e. The summed E-state index contributed by atoms with van der Waals surface area (Å²) in [6.45, 7) is 4.67. The third-order valence-corrected chi connectivity index (χ3v) is 4.12. The minimum absolute atomic E-state index is 0.500. The summed E-state index contributed by atoms with van der Waals surface area (Å²) < 4.78 is 0. The topological polar surface area (TPSA) is 12.0 Å². The zero-order valence-corrected chi connectivity index (χ0v) is 10.7. The molecule has 1 saturated carbocycles. The van der Waals surface area contributed by atoms with E-state index in [1.54, 1.807) is 0 Å². The molecule has 0 aliphatic heterocycles. The maximum absolute atomic E-state index is 3.42. The van der Waals surface area contributed by atoms with Gasteiger partial charge in [0.1, 0.15) is 0 Å². The Labute approximate surface area is 99.3 Å². The highest BCUT2D eigenvalue weighted by Crippen LogP contribution is 2.40. The molecule has 0 amide bonds. The van der Waals surface area contributed by atoms with E-state index in [0.29, 0.717) is 5.41 Å². The zero-order chi connectivity index (χ0) is 11.6. The van der Waals surface area contributed by atoms with E-state index in [1.807, 2.05) is 0 Å². The molecule has 2 atom stereocenters. The van der Waals surface area contributed by atoms with Crippen LogP contribution in [-0.4, -0.2) is 13.1 Å². The third-order valence-electron chi connectivity index (χ3n) is 4.12. The minimum atomic E-state index is 0.500. The molecule has 1 aromatic rings. The quantitative estimate of drug-likeness (QED) is 0.819. The summed E-state index contributed by atoms with van der Waals surface area (Å²) in [5.74, 6) is 0. The largest absolute Gasteiger partial charge is 0.317 e. The highest BCUT2D eigenvalue weighted by Gasteiger charge is 2.34. The van der Waals surface area contributed by atoms with Crippen LogP contribution in [0.2, 0.25) is 0 Å². The van der Waals surface area contributed by atoms with Crippen molar-refractivity contribution in [1.82, 2.24) is 5.32 Å². The predicted molar refractivity (Wildman–Crippen MR) is 69.7 cm³/mol. The lowest BCUT2D eigenvalue weighted by Gasteiger charge is -2.25. The van der Waals surface area contributed by atoms with E-state index in [4.69, 9.17) is 0 Å². The molecular weight excluding hydrogens is 194 g/mol. The van der Waals surface area contributed by atoms with E-state index >= 15 is 0 Å². The van der Waals surface area contributed by atoms with E-state index < -0.39 is 0 Å². The maximum atomic E-state index is 3.42. The molecule has 1 heteroatoms. The van der Waals surface area contributed by atoms with Crippen LogP contribution in [0.1, 0.15) is 37.3 Å². The summed E-state index contributed by atoms with van der Waals surface area (Å²) in [6.07, 6.45) is 5.24. The van der Waals surface area contributed by atoms with Crippen LogP contribution in [0.15, 0.2) is 24.3 Å². The average molecular weight is 217 g/mol. The summed E-state index contributed by atoms with van der Waals surface area (Å²) >= 11 is 0. The van der Waals surface area contributed by atoms with Crippen molar-refractivity contribution < 1.29 is 0 Å². The van der Waals surface area contributed by atoms with Crippen LogP contribution in [0.4, 0.5) is 0 Å². The zero-order valence-electron chi connectivity index (χ0n) is 10.7. The first-order chi connectivity index (χ1) is 7.63. The van der Waals surface area contributed by atoms with Crippen LogP contribution in [0.5, 0.6) is 0 Å². The van der Waals surface area contributed by atoms with Crippen LogP contribution in [-0.2, 0) is 6.42 Å². The number of rotatable bonds is 3. The normalized spacial score (nSPS) is 29.6. The number of hydrogen-bond donors (Lipinski definition) is 1. The van der Waals surface area contributed by atoms with Gasteiger partial charge in [-0.3, -0.25) is 0 Å². The van der Waals surface area contributed by atoms with Crippen molar-refractivity contribution in [1.29, 1.82) is 0 Å². The second-order valence-electron chi connectivity index (χ2n) is 5.64. The van der Waals surface area contributed by atoms with Gasteiger partial charge >= 0.3 is 0 Å². The second-order valence-corrected chi connectivity index (χ2v) is 5.64. The van der Waals surface area contributed by atoms with Crippen molar-refractivity contribution in [3.05, 3.63) is 35.4 Å². The Morgan fingerprint density at radius 2 is 2.12 bits per heavy atom. The molecule has 1 nitrogen and oxygen atoms in total. The lowest BCUT2D eigenvalue weighted by molar-refractivity contribution is 0.324. The second kappa shape index (κ2) is 4.58. The molecule has 0 bridgehead atoms. The van der Waals surface area contributed by atoms with Gasteiger partial charge in [-0.25, -0.2) is 0 Å². The standard InChI is InChI=1S/C15H23N/c1-12-6-4-5-7-13(12)10-15(2)9-8-14(11-15)16-3/h4-7,14,16H,8-11H2,1-3H3.